The van der Waals surface area contributed by atoms with Crippen LogP contribution >= 0.6 is 0 Å². The highest BCUT2D eigenvalue weighted by Crippen LogP contribution is 2.08. The van der Waals surface area contributed by atoms with E-state index in [1.54, 1.807) is 4.90 Å². The van der Waals surface area contributed by atoms with Crippen LogP contribution in [-0.4, -0.2) is 36.3 Å². The molecule has 5 heteroatoms. The van der Waals surface area contributed by atoms with Gasteiger partial charge in [-0.2, -0.15) is 0 Å². The van der Waals surface area contributed by atoms with Gasteiger partial charge in [-0.1, -0.05) is 12.1 Å². The van der Waals surface area contributed by atoms with E-state index in [-0.39, 0.29) is 18.4 Å². The zero-order chi connectivity index (χ0) is 14.4. The molecule has 1 fully saturated rings. The molecule has 1 aromatic carbocycles. The van der Waals surface area contributed by atoms with Gasteiger partial charge in [0.15, 0.2) is 0 Å². The topological polar surface area (TPSA) is 75.4 Å². The predicted octanol–water partition coefficient (Wildman–Crippen LogP) is 0.940. The van der Waals surface area contributed by atoms with Crippen LogP contribution in [0.15, 0.2) is 24.3 Å². The van der Waals surface area contributed by atoms with Gasteiger partial charge >= 0.3 is 0 Å². The van der Waals surface area contributed by atoms with E-state index in [2.05, 4.69) is 5.32 Å². The van der Waals surface area contributed by atoms with Crippen molar-refractivity contribution < 1.29 is 9.59 Å². The van der Waals surface area contributed by atoms with Gasteiger partial charge < -0.3 is 16.0 Å². The number of nitrogens with zero attached hydrogens (tertiary/aromatic N) is 1. The van der Waals surface area contributed by atoms with Gasteiger partial charge in [-0.3, -0.25) is 9.59 Å². The Morgan fingerprint density at radius 2 is 1.80 bits per heavy atom. The largest absolute Gasteiger partial charge is 0.399 e. The summed E-state index contributed by atoms with van der Waals surface area (Å²) in [4.78, 5) is 25.3. The molecular formula is C15H21N3O2. The monoisotopic (exact) mass is 275 g/mol. The molecule has 1 aliphatic heterocycles. The van der Waals surface area contributed by atoms with Crippen molar-refractivity contribution >= 4 is 17.5 Å². The number of rotatable bonds is 5. The number of anilines is 1. The van der Waals surface area contributed by atoms with Crippen molar-refractivity contribution in [2.75, 3.05) is 25.4 Å². The van der Waals surface area contributed by atoms with Crippen molar-refractivity contribution in [1.29, 1.82) is 0 Å². The summed E-state index contributed by atoms with van der Waals surface area (Å²) >= 11 is 0. The molecule has 3 N–H and O–H groups in total. The number of hydrogen-bond acceptors (Lipinski definition) is 3. The van der Waals surface area contributed by atoms with Crippen LogP contribution in [0.4, 0.5) is 5.69 Å². The molecule has 0 aromatic heterocycles. The Kier molecular flexibility index (Phi) is 4.98. The zero-order valence-electron chi connectivity index (χ0n) is 11.6. The summed E-state index contributed by atoms with van der Waals surface area (Å²) < 4.78 is 0. The highest BCUT2D eigenvalue weighted by atomic mass is 16.2. The number of benzene rings is 1. The van der Waals surface area contributed by atoms with Gasteiger partial charge in [-0.15, -0.1) is 0 Å². The normalized spacial score (nSPS) is 14.3. The van der Waals surface area contributed by atoms with E-state index in [4.69, 9.17) is 5.73 Å². The summed E-state index contributed by atoms with van der Waals surface area (Å²) in [5.74, 6) is -0.0716. The number of nitrogens with one attached hydrogen (secondary N) is 1. The van der Waals surface area contributed by atoms with Crippen LogP contribution in [0.5, 0.6) is 0 Å². The zero-order valence-corrected chi connectivity index (χ0v) is 11.6. The SMILES string of the molecule is Nc1ccc(CCC(=O)NCC(=O)N2CCCC2)cc1. The Labute approximate surface area is 119 Å². The van der Waals surface area contributed by atoms with E-state index in [1.807, 2.05) is 24.3 Å². The lowest BCUT2D eigenvalue weighted by molar-refractivity contribution is -0.132. The van der Waals surface area contributed by atoms with Gasteiger partial charge in [0, 0.05) is 25.2 Å². The van der Waals surface area contributed by atoms with Crippen molar-refractivity contribution in [1.82, 2.24) is 10.2 Å². The average Bonchev–Trinajstić information content (AvgIpc) is 2.98. The van der Waals surface area contributed by atoms with Crippen molar-refractivity contribution in [2.24, 2.45) is 0 Å². The Morgan fingerprint density at radius 1 is 1.15 bits per heavy atom. The maximum atomic E-state index is 11.8. The Hall–Kier alpha value is -2.04. The second kappa shape index (κ2) is 6.93. The lowest BCUT2D eigenvalue weighted by Crippen LogP contribution is -2.38. The number of hydrogen-bond donors (Lipinski definition) is 2. The quantitative estimate of drug-likeness (QED) is 0.785. The Balaban J connectivity index is 1.67. The van der Waals surface area contributed by atoms with Crippen LogP contribution in [0.25, 0.3) is 0 Å². The minimum absolute atomic E-state index is 0.0170. The van der Waals surface area contributed by atoms with Crippen molar-refractivity contribution in [3.63, 3.8) is 0 Å². The first-order valence-corrected chi connectivity index (χ1v) is 7.04. The number of amides is 2. The van der Waals surface area contributed by atoms with Gasteiger partial charge in [0.05, 0.1) is 6.54 Å². The second-order valence-electron chi connectivity index (χ2n) is 5.11. The van der Waals surface area contributed by atoms with Gasteiger partial charge in [0.25, 0.3) is 0 Å². The summed E-state index contributed by atoms with van der Waals surface area (Å²) in [7, 11) is 0. The number of carbonyl (C=O) groups is 2. The van der Waals surface area contributed by atoms with Gasteiger partial charge in [-0.25, -0.2) is 0 Å². The average molecular weight is 275 g/mol. The van der Waals surface area contributed by atoms with E-state index < -0.39 is 0 Å². The Morgan fingerprint density at radius 3 is 2.45 bits per heavy atom. The summed E-state index contributed by atoms with van der Waals surface area (Å²) in [6, 6.07) is 7.48. The van der Waals surface area contributed by atoms with Crippen LogP contribution in [0, 0.1) is 0 Å². The summed E-state index contributed by atoms with van der Waals surface area (Å²) in [6.45, 7) is 1.75. The second-order valence-corrected chi connectivity index (χ2v) is 5.11. The highest BCUT2D eigenvalue weighted by molar-refractivity contribution is 5.84. The van der Waals surface area contributed by atoms with Gasteiger partial charge in [0.1, 0.15) is 0 Å². The molecule has 1 heterocycles. The molecule has 1 aliphatic rings. The van der Waals surface area contributed by atoms with Crippen molar-refractivity contribution in [3.8, 4) is 0 Å². The third kappa shape index (κ3) is 4.26. The van der Waals surface area contributed by atoms with E-state index in [0.717, 1.165) is 37.2 Å². The summed E-state index contributed by atoms with van der Waals surface area (Å²) in [5.41, 5.74) is 7.39. The number of likely N-dealkylation sites (tertiary alicyclic amines) is 1. The van der Waals surface area contributed by atoms with E-state index in [0.29, 0.717) is 12.8 Å². The standard InChI is InChI=1S/C15H21N3O2/c16-13-6-3-12(4-7-13)5-8-14(19)17-11-15(20)18-9-1-2-10-18/h3-4,6-7H,1-2,5,8-11,16H2,(H,17,19). The first-order valence-electron chi connectivity index (χ1n) is 7.04. The predicted molar refractivity (Wildman–Crippen MR) is 78.0 cm³/mol. The number of carbonyl (C=O) groups excluding carboxylic acids is 2. The highest BCUT2D eigenvalue weighted by Gasteiger charge is 2.17. The summed E-state index contributed by atoms with van der Waals surface area (Å²) in [5, 5.41) is 2.69. The van der Waals surface area contributed by atoms with Crippen LogP contribution in [0.2, 0.25) is 0 Å². The molecule has 0 aliphatic carbocycles. The summed E-state index contributed by atoms with van der Waals surface area (Å²) in [6.07, 6.45) is 3.18. The molecule has 2 amide bonds. The van der Waals surface area contributed by atoms with Crippen LogP contribution in [0.1, 0.15) is 24.8 Å². The number of aryl methyl sites for hydroxylation is 1. The molecule has 0 radical (unpaired) electrons. The lowest BCUT2D eigenvalue weighted by atomic mass is 10.1. The fourth-order valence-electron chi connectivity index (χ4n) is 2.28. The van der Waals surface area contributed by atoms with E-state index >= 15 is 0 Å². The molecule has 20 heavy (non-hydrogen) atoms. The number of nitrogen functional groups attached to an aromatic ring is 1. The third-order valence-electron chi connectivity index (χ3n) is 3.52. The van der Waals surface area contributed by atoms with E-state index in [1.165, 1.54) is 0 Å². The molecule has 1 aromatic rings. The van der Waals surface area contributed by atoms with Crippen molar-refractivity contribution in [2.45, 2.75) is 25.7 Å². The third-order valence-corrected chi connectivity index (χ3v) is 3.52. The first-order chi connectivity index (χ1) is 9.65. The van der Waals surface area contributed by atoms with Gasteiger partial charge in [-0.05, 0) is 37.0 Å². The molecule has 2 rings (SSSR count). The van der Waals surface area contributed by atoms with Crippen molar-refractivity contribution in [3.05, 3.63) is 29.8 Å². The minimum Gasteiger partial charge on any atom is -0.399 e. The molecule has 0 bridgehead atoms. The molecule has 1 saturated heterocycles. The number of nitrogens with two attached hydrogens (primary N) is 1. The molecule has 0 spiro atoms. The smallest absolute Gasteiger partial charge is 0.241 e. The fraction of sp³-hybridized carbons (Fsp3) is 0.467. The minimum atomic E-state index is -0.0885. The van der Waals surface area contributed by atoms with Crippen LogP contribution < -0.4 is 11.1 Å². The van der Waals surface area contributed by atoms with Crippen LogP contribution in [-0.2, 0) is 16.0 Å². The molecule has 0 saturated carbocycles. The van der Waals surface area contributed by atoms with Gasteiger partial charge in [0.2, 0.25) is 11.8 Å². The Bertz CT molecular complexity index is 465. The molecule has 0 atom stereocenters. The molecular weight excluding hydrogens is 254 g/mol. The maximum Gasteiger partial charge on any atom is 0.241 e. The maximum absolute atomic E-state index is 11.8. The molecule has 0 unspecified atom stereocenters. The lowest BCUT2D eigenvalue weighted by Gasteiger charge is -2.15. The van der Waals surface area contributed by atoms with E-state index in [9.17, 15) is 9.59 Å². The molecule has 108 valence electrons. The van der Waals surface area contributed by atoms with Crippen LogP contribution in [0.3, 0.4) is 0 Å². The first kappa shape index (κ1) is 14.4. The molecule has 5 nitrogen and oxygen atoms in total. The fourth-order valence-corrected chi connectivity index (χ4v) is 2.28.